The molecule has 3 rings (SSSR count). The predicted molar refractivity (Wildman–Crippen MR) is 109 cm³/mol. The summed E-state index contributed by atoms with van der Waals surface area (Å²) in [7, 11) is 0. The number of Topliss-reactive ketones (excluding diaryl/α,β-unsaturated/α-hetero) is 1. The number of urea groups is 1. The molecule has 0 radical (unpaired) electrons. The first kappa shape index (κ1) is 20.7. The summed E-state index contributed by atoms with van der Waals surface area (Å²) in [5, 5.41) is 3.80. The van der Waals surface area contributed by atoms with Crippen LogP contribution in [0.3, 0.4) is 0 Å². The molecule has 28 heavy (non-hydrogen) atoms. The van der Waals surface area contributed by atoms with Crippen LogP contribution in [0.4, 0.5) is 10.5 Å². The first-order valence-electron chi connectivity index (χ1n) is 9.41. The predicted octanol–water partition coefficient (Wildman–Crippen LogP) is 2.41. The number of ketones is 1. The molecule has 1 aromatic rings. The fraction of sp³-hybridized carbons (Fsp3) is 0.526. The molecule has 2 aliphatic heterocycles. The number of nitrogens with one attached hydrogen (secondary N) is 1. The molecule has 2 heterocycles. The molecule has 2 fully saturated rings. The standard InChI is InChI=1S/C19H24Cl2N4O3/c1-13(18(27)24-6-4-15(26)5-7-24)22-19(28)25-10-8-23(9-11-25)14-2-3-16(20)17(21)12-14/h2-3,12-13H,4-11H2,1H3,(H,22,28). The molecular weight excluding hydrogens is 403 g/mol. The third kappa shape index (κ3) is 4.89. The van der Waals surface area contributed by atoms with Gasteiger partial charge in [0.05, 0.1) is 10.0 Å². The summed E-state index contributed by atoms with van der Waals surface area (Å²) >= 11 is 12.0. The zero-order valence-corrected chi connectivity index (χ0v) is 17.3. The monoisotopic (exact) mass is 426 g/mol. The van der Waals surface area contributed by atoms with Gasteiger partial charge in [-0.25, -0.2) is 4.79 Å². The van der Waals surface area contributed by atoms with E-state index in [0.29, 0.717) is 62.2 Å². The highest BCUT2D eigenvalue weighted by Crippen LogP contribution is 2.27. The minimum atomic E-state index is -0.617. The van der Waals surface area contributed by atoms with Crippen molar-refractivity contribution in [2.45, 2.75) is 25.8 Å². The molecule has 0 saturated carbocycles. The van der Waals surface area contributed by atoms with E-state index in [0.717, 1.165) is 5.69 Å². The highest BCUT2D eigenvalue weighted by molar-refractivity contribution is 6.42. The molecule has 2 aliphatic rings. The lowest BCUT2D eigenvalue weighted by atomic mass is 10.1. The number of nitrogens with zero attached hydrogens (tertiary/aromatic N) is 3. The smallest absolute Gasteiger partial charge is 0.318 e. The summed E-state index contributed by atoms with van der Waals surface area (Å²) in [6.07, 6.45) is 0.784. The molecule has 1 atom stereocenters. The van der Waals surface area contributed by atoms with Gasteiger partial charge in [-0.15, -0.1) is 0 Å². The van der Waals surface area contributed by atoms with Crippen molar-refractivity contribution in [3.05, 3.63) is 28.2 Å². The number of hydrogen-bond acceptors (Lipinski definition) is 4. The maximum atomic E-state index is 12.5. The third-order valence-corrected chi connectivity index (χ3v) is 5.92. The number of carbonyl (C=O) groups is 3. The maximum Gasteiger partial charge on any atom is 0.318 e. The zero-order valence-electron chi connectivity index (χ0n) is 15.8. The van der Waals surface area contributed by atoms with E-state index in [1.165, 1.54) is 0 Å². The topological polar surface area (TPSA) is 73.0 Å². The van der Waals surface area contributed by atoms with Gasteiger partial charge >= 0.3 is 6.03 Å². The summed E-state index contributed by atoms with van der Waals surface area (Å²) in [6, 6.07) is 4.63. The number of hydrogen-bond donors (Lipinski definition) is 1. The van der Waals surface area contributed by atoms with E-state index in [9.17, 15) is 14.4 Å². The van der Waals surface area contributed by atoms with Crippen molar-refractivity contribution >= 4 is 46.6 Å². The Morgan fingerprint density at radius 1 is 0.964 bits per heavy atom. The van der Waals surface area contributed by atoms with Crippen LogP contribution in [0, 0.1) is 0 Å². The van der Waals surface area contributed by atoms with Crippen LogP contribution in [0.2, 0.25) is 10.0 Å². The number of amides is 3. The molecule has 1 N–H and O–H groups in total. The molecule has 0 aromatic heterocycles. The van der Waals surface area contributed by atoms with E-state index in [2.05, 4.69) is 10.2 Å². The van der Waals surface area contributed by atoms with Gasteiger partial charge in [-0.05, 0) is 25.1 Å². The van der Waals surface area contributed by atoms with Crippen LogP contribution >= 0.6 is 23.2 Å². The van der Waals surface area contributed by atoms with E-state index >= 15 is 0 Å². The summed E-state index contributed by atoms with van der Waals surface area (Å²) in [4.78, 5) is 41.8. The van der Waals surface area contributed by atoms with Crippen LogP contribution in [0.5, 0.6) is 0 Å². The summed E-state index contributed by atoms with van der Waals surface area (Å²) in [5.74, 6) is 0.0378. The average molecular weight is 427 g/mol. The van der Waals surface area contributed by atoms with Crippen molar-refractivity contribution in [2.24, 2.45) is 0 Å². The Balaban J connectivity index is 1.48. The van der Waals surface area contributed by atoms with Crippen molar-refractivity contribution in [2.75, 3.05) is 44.2 Å². The molecule has 7 nitrogen and oxygen atoms in total. The first-order valence-corrected chi connectivity index (χ1v) is 10.2. The van der Waals surface area contributed by atoms with Crippen LogP contribution < -0.4 is 10.2 Å². The summed E-state index contributed by atoms with van der Waals surface area (Å²) < 4.78 is 0. The molecule has 1 aromatic carbocycles. The molecular formula is C19H24Cl2N4O3. The Kier molecular flexibility index (Phi) is 6.67. The quantitative estimate of drug-likeness (QED) is 0.804. The van der Waals surface area contributed by atoms with Gasteiger partial charge in [0, 0.05) is 57.8 Å². The number of halogens is 2. The molecule has 1 unspecified atom stereocenters. The lowest BCUT2D eigenvalue weighted by Crippen LogP contribution is -2.56. The second-order valence-corrected chi connectivity index (χ2v) is 7.92. The van der Waals surface area contributed by atoms with E-state index < -0.39 is 6.04 Å². The second kappa shape index (κ2) is 9.01. The van der Waals surface area contributed by atoms with Gasteiger partial charge in [0.25, 0.3) is 0 Å². The van der Waals surface area contributed by atoms with E-state index in [-0.39, 0.29) is 17.7 Å². The Morgan fingerprint density at radius 2 is 1.61 bits per heavy atom. The number of piperidine rings is 1. The molecule has 0 bridgehead atoms. The van der Waals surface area contributed by atoms with Crippen molar-refractivity contribution in [3.63, 3.8) is 0 Å². The Hall–Kier alpha value is -1.99. The zero-order chi connectivity index (χ0) is 20.3. The summed E-state index contributed by atoms with van der Waals surface area (Å²) in [6.45, 7) is 4.98. The van der Waals surface area contributed by atoms with Crippen LogP contribution in [-0.2, 0) is 9.59 Å². The van der Waals surface area contributed by atoms with Gasteiger partial charge in [0.1, 0.15) is 11.8 Å². The molecule has 0 spiro atoms. The van der Waals surface area contributed by atoms with Crippen molar-refractivity contribution < 1.29 is 14.4 Å². The van der Waals surface area contributed by atoms with Crippen molar-refractivity contribution in [1.29, 1.82) is 0 Å². The Labute approximate surface area is 174 Å². The highest BCUT2D eigenvalue weighted by Gasteiger charge is 2.28. The Morgan fingerprint density at radius 3 is 2.21 bits per heavy atom. The largest absolute Gasteiger partial charge is 0.368 e. The lowest BCUT2D eigenvalue weighted by Gasteiger charge is -2.37. The van der Waals surface area contributed by atoms with E-state index in [1.54, 1.807) is 22.8 Å². The number of likely N-dealkylation sites (tertiary alicyclic amines) is 1. The van der Waals surface area contributed by atoms with Gasteiger partial charge in [-0.2, -0.15) is 0 Å². The average Bonchev–Trinajstić information content (AvgIpc) is 2.70. The Bertz CT molecular complexity index is 756. The minimum absolute atomic E-state index is 0.143. The van der Waals surface area contributed by atoms with Crippen LogP contribution in [-0.4, -0.2) is 72.8 Å². The lowest BCUT2D eigenvalue weighted by molar-refractivity contribution is -0.135. The molecule has 3 amide bonds. The minimum Gasteiger partial charge on any atom is -0.368 e. The van der Waals surface area contributed by atoms with Crippen LogP contribution in [0.15, 0.2) is 18.2 Å². The number of rotatable bonds is 3. The highest BCUT2D eigenvalue weighted by atomic mass is 35.5. The third-order valence-electron chi connectivity index (χ3n) is 5.18. The van der Waals surface area contributed by atoms with Gasteiger partial charge in [-0.1, -0.05) is 23.2 Å². The molecule has 9 heteroatoms. The first-order chi connectivity index (χ1) is 13.3. The number of carbonyl (C=O) groups excluding carboxylic acids is 3. The van der Waals surface area contributed by atoms with Gasteiger partial charge in [-0.3, -0.25) is 9.59 Å². The van der Waals surface area contributed by atoms with Crippen molar-refractivity contribution in [3.8, 4) is 0 Å². The number of piperazine rings is 1. The maximum absolute atomic E-state index is 12.5. The van der Waals surface area contributed by atoms with E-state index in [4.69, 9.17) is 23.2 Å². The van der Waals surface area contributed by atoms with E-state index in [1.807, 2.05) is 12.1 Å². The summed E-state index contributed by atoms with van der Waals surface area (Å²) in [5.41, 5.74) is 0.970. The second-order valence-electron chi connectivity index (χ2n) is 7.11. The normalized spacial score (nSPS) is 18.8. The van der Waals surface area contributed by atoms with Gasteiger partial charge in [0.15, 0.2) is 0 Å². The van der Waals surface area contributed by atoms with Gasteiger partial charge in [0.2, 0.25) is 5.91 Å². The number of benzene rings is 1. The molecule has 152 valence electrons. The molecule has 0 aliphatic carbocycles. The van der Waals surface area contributed by atoms with Crippen LogP contribution in [0.1, 0.15) is 19.8 Å². The molecule has 2 saturated heterocycles. The van der Waals surface area contributed by atoms with Crippen molar-refractivity contribution in [1.82, 2.24) is 15.1 Å². The van der Waals surface area contributed by atoms with Gasteiger partial charge < -0.3 is 20.0 Å². The number of anilines is 1. The fourth-order valence-electron chi connectivity index (χ4n) is 3.44. The SMILES string of the molecule is CC(NC(=O)N1CCN(c2ccc(Cl)c(Cl)c2)CC1)C(=O)N1CCC(=O)CC1. The fourth-order valence-corrected chi connectivity index (χ4v) is 3.73. The van der Waals surface area contributed by atoms with Crippen LogP contribution in [0.25, 0.3) is 0 Å².